The van der Waals surface area contributed by atoms with Crippen LogP contribution >= 0.6 is 0 Å². The van der Waals surface area contributed by atoms with Crippen molar-refractivity contribution in [3.8, 4) is 0 Å². The summed E-state index contributed by atoms with van der Waals surface area (Å²) in [5, 5.41) is 0. The van der Waals surface area contributed by atoms with Crippen molar-refractivity contribution in [2.45, 2.75) is 25.2 Å². The summed E-state index contributed by atoms with van der Waals surface area (Å²) < 4.78 is 0. The second-order valence-corrected chi connectivity index (χ2v) is 6.17. The normalized spacial score (nSPS) is 14.8. The van der Waals surface area contributed by atoms with Crippen LogP contribution < -0.4 is 0 Å². The van der Waals surface area contributed by atoms with Crippen LogP contribution in [0.3, 0.4) is 0 Å². The molecule has 3 rings (SSSR count). The quantitative estimate of drug-likeness (QED) is 0.624. The van der Waals surface area contributed by atoms with Gasteiger partial charge >= 0.3 is 0 Å². The molecule has 120 valence electrons. The Kier molecular flexibility index (Phi) is 5.57. The van der Waals surface area contributed by atoms with Gasteiger partial charge in [-0.3, -0.25) is 4.79 Å². The summed E-state index contributed by atoms with van der Waals surface area (Å²) in [7, 11) is 0. The fourth-order valence-corrected chi connectivity index (χ4v) is 3.03. The van der Waals surface area contributed by atoms with Gasteiger partial charge < -0.3 is 0 Å². The summed E-state index contributed by atoms with van der Waals surface area (Å²) in [5.41, 5.74) is 3.69. The van der Waals surface area contributed by atoms with E-state index >= 15 is 0 Å². The van der Waals surface area contributed by atoms with E-state index in [1.54, 1.807) is 6.08 Å². The van der Waals surface area contributed by atoms with Crippen LogP contribution in [0.4, 0.5) is 0 Å². The summed E-state index contributed by atoms with van der Waals surface area (Å²) in [6, 6.07) is 20.7. The molecule has 0 radical (unpaired) electrons. The molecule has 0 saturated carbocycles. The smallest absolute Gasteiger partial charge is 0.156 e. The summed E-state index contributed by atoms with van der Waals surface area (Å²) in [6.07, 6.45) is 12.2. The van der Waals surface area contributed by atoms with Gasteiger partial charge in [0, 0.05) is 6.42 Å². The maximum absolute atomic E-state index is 12.4. The summed E-state index contributed by atoms with van der Waals surface area (Å²) in [6.45, 7) is 0. The molecule has 0 fully saturated rings. The highest BCUT2D eigenvalue weighted by Crippen LogP contribution is 2.25. The molecule has 24 heavy (non-hydrogen) atoms. The second kappa shape index (κ2) is 8.26. The molecule has 1 unspecified atom stereocenters. The molecule has 1 atom stereocenters. The lowest BCUT2D eigenvalue weighted by Crippen LogP contribution is -2.08. The lowest BCUT2D eigenvalue weighted by molar-refractivity contribution is -0.115. The van der Waals surface area contributed by atoms with Gasteiger partial charge in [-0.25, -0.2) is 0 Å². The van der Waals surface area contributed by atoms with Gasteiger partial charge in [-0.15, -0.1) is 0 Å². The van der Waals surface area contributed by atoms with Crippen LogP contribution in [0.5, 0.6) is 0 Å². The Hall–Kier alpha value is -2.67. The first-order chi connectivity index (χ1) is 11.8. The van der Waals surface area contributed by atoms with Gasteiger partial charge in [0.15, 0.2) is 5.78 Å². The number of rotatable bonds is 7. The van der Waals surface area contributed by atoms with E-state index in [0.29, 0.717) is 6.42 Å². The van der Waals surface area contributed by atoms with Crippen LogP contribution in [0, 0.1) is 0 Å². The number of ketones is 1. The predicted octanol–water partition coefficient (Wildman–Crippen LogP) is 5.41. The number of carbonyl (C=O) groups is 1. The first kappa shape index (κ1) is 16.2. The number of carbonyl (C=O) groups excluding carboxylic acids is 1. The Balaban J connectivity index is 1.71. The third-order valence-corrected chi connectivity index (χ3v) is 4.33. The molecular formula is C23H22O. The summed E-state index contributed by atoms with van der Waals surface area (Å²) in [5.74, 6) is 0.397. The van der Waals surface area contributed by atoms with Crippen molar-refractivity contribution in [3.05, 3.63) is 108 Å². The molecule has 2 aromatic rings. The topological polar surface area (TPSA) is 17.1 Å². The maximum atomic E-state index is 12.4. The van der Waals surface area contributed by atoms with E-state index in [4.69, 9.17) is 0 Å². The Morgan fingerprint density at radius 2 is 1.71 bits per heavy atom. The van der Waals surface area contributed by atoms with E-state index in [2.05, 4.69) is 48.6 Å². The van der Waals surface area contributed by atoms with Gasteiger partial charge in [0.05, 0.1) is 0 Å². The fraction of sp³-hybridized carbons (Fsp3) is 0.174. The highest BCUT2D eigenvalue weighted by molar-refractivity contribution is 5.90. The lowest BCUT2D eigenvalue weighted by Gasteiger charge is -2.16. The van der Waals surface area contributed by atoms with Gasteiger partial charge in [0.2, 0.25) is 0 Å². The minimum absolute atomic E-state index is 0.188. The second-order valence-electron chi connectivity index (χ2n) is 6.17. The van der Waals surface area contributed by atoms with Crippen LogP contribution in [0.15, 0.2) is 96.6 Å². The van der Waals surface area contributed by atoms with E-state index in [-0.39, 0.29) is 11.7 Å². The van der Waals surface area contributed by atoms with Gasteiger partial charge in [-0.1, -0.05) is 85.0 Å². The molecule has 0 bridgehead atoms. The molecule has 0 aromatic heterocycles. The van der Waals surface area contributed by atoms with E-state index in [1.165, 1.54) is 16.7 Å². The van der Waals surface area contributed by atoms with Crippen molar-refractivity contribution in [2.75, 3.05) is 0 Å². The van der Waals surface area contributed by atoms with Crippen molar-refractivity contribution in [3.63, 3.8) is 0 Å². The first-order valence-corrected chi connectivity index (χ1v) is 8.47. The number of hydrogen-bond donors (Lipinski definition) is 0. The molecule has 0 saturated heterocycles. The van der Waals surface area contributed by atoms with E-state index in [0.717, 1.165) is 12.8 Å². The molecule has 0 amide bonds. The Morgan fingerprint density at radius 1 is 1.00 bits per heavy atom. The van der Waals surface area contributed by atoms with Gasteiger partial charge in [-0.05, 0) is 41.5 Å². The number of allylic oxidation sites excluding steroid dienone is 6. The summed E-state index contributed by atoms with van der Waals surface area (Å²) >= 11 is 0. The number of hydrogen-bond acceptors (Lipinski definition) is 1. The largest absolute Gasteiger partial charge is 0.295 e. The van der Waals surface area contributed by atoms with Crippen molar-refractivity contribution < 1.29 is 4.79 Å². The Bertz CT molecular complexity index is 751. The highest BCUT2D eigenvalue weighted by Gasteiger charge is 2.15. The standard InChI is InChI=1S/C23H22O/c24-23(16-15-19-9-7-8-10-19)18-22(21-13-5-2-6-14-21)17-20-11-3-1-4-12-20/h1-9,11-16,22H,10,17-18H2/b16-15+. The summed E-state index contributed by atoms with van der Waals surface area (Å²) in [4.78, 5) is 12.4. The van der Waals surface area contributed by atoms with Crippen LogP contribution in [0.25, 0.3) is 0 Å². The SMILES string of the molecule is O=C(/C=C/C1=CC=CC1)CC(Cc1ccccc1)c1ccccc1. The van der Waals surface area contributed by atoms with E-state index in [1.807, 2.05) is 36.4 Å². The zero-order valence-electron chi connectivity index (χ0n) is 13.8. The minimum atomic E-state index is 0.188. The average Bonchev–Trinajstić information content (AvgIpc) is 3.15. The third kappa shape index (κ3) is 4.66. The Labute approximate surface area is 144 Å². The average molecular weight is 314 g/mol. The van der Waals surface area contributed by atoms with Crippen LogP contribution in [0.2, 0.25) is 0 Å². The van der Waals surface area contributed by atoms with Gasteiger partial charge in [0.25, 0.3) is 0 Å². The molecule has 2 aromatic carbocycles. The zero-order chi connectivity index (χ0) is 16.6. The number of benzene rings is 2. The van der Waals surface area contributed by atoms with Gasteiger partial charge in [-0.2, -0.15) is 0 Å². The van der Waals surface area contributed by atoms with Crippen LogP contribution in [-0.2, 0) is 11.2 Å². The molecule has 0 spiro atoms. The molecule has 1 heteroatoms. The minimum Gasteiger partial charge on any atom is -0.295 e. The van der Waals surface area contributed by atoms with Crippen molar-refractivity contribution >= 4 is 5.78 Å². The molecule has 0 N–H and O–H groups in total. The monoisotopic (exact) mass is 314 g/mol. The van der Waals surface area contributed by atoms with E-state index < -0.39 is 0 Å². The van der Waals surface area contributed by atoms with Gasteiger partial charge in [0.1, 0.15) is 0 Å². The highest BCUT2D eigenvalue weighted by atomic mass is 16.1. The molecule has 1 aliphatic rings. The molecule has 1 aliphatic carbocycles. The van der Waals surface area contributed by atoms with Crippen LogP contribution in [-0.4, -0.2) is 5.78 Å². The third-order valence-electron chi connectivity index (χ3n) is 4.33. The lowest BCUT2D eigenvalue weighted by atomic mass is 9.87. The molecular weight excluding hydrogens is 292 g/mol. The molecule has 1 nitrogen and oxygen atoms in total. The predicted molar refractivity (Wildman–Crippen MR) is 99.9 cm³/mol. The molecule has 0 heterocycles. The Morgan fingerprint density at radius 3 is 2.38 bits per heavy atom. The van der Waals surface area contributed by atoms with Crippen molar-refractivity contribution in [1.29, 1.82) is 0 Å². The molecule has 0 aliphatic heterocycles. The van der Waals surface area contributed by atoms with Crippen molar-refractivity contribution in [2.24, 2.45) is 0 Å². The van der Waals surface area contributed by atoms with Crippen molar-refractivity contribution in [1.82, 2.24) is 0 Å². The zero-order valence-corrected chi connectivity index (χ0v) is 13.8. The maximum Gasteiger partial charge on any atom is 0.156 e. The fourth-order valence-electron chi connectivity index (χ4n) is 3.03. The first-order valence-electron chi connectivity index (χ1n) is 8.47. The van der Waals surface area contributed by atoms with Crippen LogP contribution in [0.1, 0.15) is 29.9 Å². The van der Waals surface area contributed by atoms with E-state index in [9.17, 15) is 4.79 Å².